The molecule has 3 N–H and O–H groups in total. The van der Waals surface area contributed by atoms with Crippen LogP contribution in [0.4, 0.5) is 4.79 Å². The average Bonchev–Trinajstić information content (AvgIpc) is 2.26. The van der Waals surface area contributed by atoms with Crippen LogP contribution in [0.2, 0.25) is 0 Å². The first-order chi connectivity index (χ1) is 7.86. The van der Waals surface area contributed by atoms with Crippen LogP contribution < -0.4 is 15.8 Å². The topological polar surface area (TPSA) is 64.3 Å². The maximum atomic E-state index is 10.7. The smallest absolute Gasteiger partial charge is 0.312 e. The van der Waals surface area contributed by atoms with Gasteiger partial charge in [-0.3, -0.25) is 0 Å². The first-order valence-electron chi connectivity index (χ1n) is 5.55. The Morgan fingerprint density at radius 1 is 1.47 bits per heavy atom. The number of carbonyl (C=O) groups is 1. The van der Waals surface area contributed by atoms with Gasteiger partial charge in [0, 0.05) is 12.0 Å². The van der Waals surface area contributed by atoms with Gasteiger partial charge in [-0.05, 0) is 24.1 Å². The summed E-state index contributed by atoms with van der Waals surface area (Å²) in [5.74, 6) is 0.868. The highest BCUT2D eigenvalue weighted by Gasteiger charge is 2.21. The Bertz CT molecular complexity index is 414. The van der Waals surface area contributed by atoms with E-state index in [0.29, 0.717) is 6.54 Å². The maximum absolute atomic E-state index is 10.7. The molecule has 0 aliphatic carbocycles. The van der Waals surface area contributed by atoms with Gasteiger partial charge in [-0.1, -0.05) is 26.0 Å². The molecule has 0 fully saturated rings. The van der Waals surface area contributed by atoms with E-state index in [1.54, 1.807) is 7.11 Å². The van der Waals surface area contributed by atoms with Crippen molar-refractivity contribution in [1.82, 2.24) is 5.32 Å². The van der Waals surface area contributed by atoms with Crippen molar-refractivity contribution in [2.45, 2.75) is 26.2 Å². The molecule has 17 heavy (non-hydrogen) atoms. The molecular formula is C13H20N2O2. The Morgan fingerprint density at radius 3 is 2.59 bits per heavy atom. The van der Waals surface area contributed by atoms with Gasteiger partial charge in [-0.15, -0.1) is 0 Å². The highest BCUT2D eigenvalue weighted by molar-refractivity contribution is 5.71. The molecule has 0 unspecified atom stereocenters. The molecule has 0 bridgehead atoms. The molecule has 0 radical (unpaired) electrons. The number of nitrogens with two attached hydrogens (primary N) is 1. The third-order valence-corrected chi connectivity index (χ3v) is 2.88. The number of rotatable bonds is 4. The van der Waals surface area contributed by atoms with Crippen LogP contribution in [0.5, 0.6) is 5.75 Å². The molecule has 0 saturated heterocycles. The molecule has 0 atom stereocenters. The summed E-state index contributed by atoms with van der Waals surface area (Å²) < 4.78 is 5.22. The quantitative estimate of drug-likeness (QED) is 0.839. The summed E-state index contributed by atoms with van der Waals surface area (Å²) in [5, 5.41) is 2.64. The molecule has 0 aliphatic heterocycles. The second-order valence-corrected chi connectivity index (χ2v) is 4.79. The van der Waals surface area contributed by atoms with E-state index in [-0.39, 0.29) is 5.41 Å². The Kier molecular flexibility index (Phi) is 3.99. The van der Waals surface area contributed by atoms with Crippen LogP contribution in [-0.2, 0) is 5.41 Å². The van der Waals surface area contributed by atoms with E-state index in [4.69, 9.17) is 10.5 Å². The molecule has 0 aromatic heterocycles. The second kappa shape index (κ2) is 5.08. The number of carbonyl (C=O) groups excluding carboxylic acids is 1. The summed E-state index contributed by atoms with van der Waals surface area (Å²) in [6.45, 7) is 6.63. The van der Waals surface area contributed by atoms with Crippen molar-refractivity contribution in [2.24, 2.45) is 5.73 Å². The zero-order valence-electron chi connectivity index (χ0n) is 10.8. The number of aryl methyl sites for hydroxylation is 1. The van der Waals surface area contributed by atoms with Gasteiger partial charge in [0.2, 0.25) is 0 Å². The van der Waals surface area contributed by atoms with E-state index >= 15 is 0 Å². The zero-order chi connectivity index (χ0) is 13.1. The Morgan fingerprint density at radius 2 is 2.12 bits per heavy atom. The summed E-state index contributed by atoms with van der Waals surface area (Å²) in [6.07, 6.45) is 0. The number of amides is 2. The Balaban J connectivity index is 2.90. The third kappa shape index (κ3) is 3.37. The van der Waals surface area contributed by atoms with E-state index in [9.17, 15) is 4.79 Å². The first-order valence-corrected chi connectivity index (χ1v) is 5.55. The zero-order valence-corrected chi connectivity index (χ0v) is 10.8. The molecule has 0 saturated carbocycles. The number of hydrogen-bond acceptors (Lipinski definition) is 2. The van der Waals surface area contributed by atoms with Crippen molar-refractivity contribution in [3.8, 4) is 5.75 Å². The molecule has 4 heteroatoms. The molecule has 0 spiro atoms. The van der Waals surface area contributed by atoms with Gasteiger partial charge in [0.15, 0.2) is 0 Å². The molecule has 0 heterocycles. The van der Waals surface area contributed by atoms with Gasteiger partial charge in [0.05, 0.1) is 7.11 Å². The Hall–Kier alpha value is -1.71. The van der Waals surface area contributed by atoms with E-state index in [2.05, 4.69) is 25.2 Å². The van der Waals surface area contributed by atoms with Gasteiger partial charge < -0.3 is 15.8 Å². The highest BCUT2D eigenvalue weighted by Crippen LogP contribution is 2.27. The van der Waals surface area contributed by atoms with Gasteiger partial charge in [-0.25, -0.2) is 4.79 Å². The molecule has 1 aromatic rings. The lowest BCUT2D eigenvalue weighted by molar-refractivity contribution is 0.246. The van der Waals surface area contributed by atoms with Crippen LogP contribution in [0.25, 0.3) is 0 Å². The summed E-state index contributed by atoms with van der Waals surface area (Å²) >= 11 is 0. The van der Waals surface area contributed by atoms with Crippen molar-refractivity contribution < 1.29 is 9.53 Å². The summed E-state index contributed by atoms with van der Waals surface area (Å²) in [5.41, 5.74) is 7.15. The van der Waals surface area contributed by atoms with Crippen molar-refractivity contribution >= 4 is 6.03 Å². The van der Waals surface area contributed by atoms with Crippen LogP contribution in [0.15, 0.2) is 18.2 Å². The van der Waals surface area contributed by atoms with Crippen molar-refractivity contribution in [3.05, 3.63) is 29.3 Å². The predicted octanol–water partition coefficient (Wildman–Crippen LogP) is 1.95. The van der Waals surface area contributed by atoms with Crippen LogP contribution in [-0.4, -0.2) is 19.7 Å². The lowest BCUT2D eigenvalue weighted by Gasteiger charge is -2.26. The second-order valence-electron chi connectivity index (χ2n) is 4.79. The average molecular weight is 236 g/mol. The lowest BCUT2D eigenvalue weighted by atomic mass is 9.84. The third-order valence-electron chi connectivity index (χ3n) is 2.88. The monoisotopic (exact) mass is 236 g/mol. The van der Waals surface area contributed by atoms with E-state index < -0.39 is 6.03 Å². The van der Waals surface area contributed by atoms with Gasteiger partial charge >= 0.3 is 6.03 Å². The summed E-state index contributed by atoms with van der Waals surface area (Å²) in [6, 6.07) is 5.52. The van der Waals surface area contributed by atoms with Gasteiger partial charge in [-0.2, -0.15) is 0 Å². The fourth-order valence-electron chi connectivity index (χ4n) is 1.71. The standard InChI is InChI=1S/C13H20N2O2/c1-9-7-10(5-6-11(9)17-4)13(2,3)8-15-12(14)16/h5-7H,8H2,1-4H3,(H3,14,15,16). The fraction of sp³-hybridized carbons (Fsp3) is 0.462. The lowest BCUT2D eigenvalue weighted by Crippen LogP contribution is -2.39. The molecule has 4 nitrogen and oxygen atoms in total. The molecule has 1 aromatic carbocycles. The number of benzene rings is 1. The first kappa shape index (κ1) is 13.4. The largest absolute Gasteiger partial charge is 0.496 e. The molecule has 2 amide bonds. The van der Waals surface area contributed by atoms with Crippen LogP contribution in [0.1, 0.15) is 25.0 Å². The molecule has 1 rings (SSSR count). The minimum atomic E-state index is -0.497. The van der Waals surface area contributed by atoms with Crippen molar-refractivity contribution in [1.29, 1.82) is 0 Å². The van der Waals surface area contributed by atoms with Crippen molar-refractivity contribution in [3.63, 3.8) is 0 Å². The number of nitrogens with one attached hydrogen (secondary N) is 1. The predicted molar refractivity (Wildman–Crippen MR) is 68.3 cm³/mol. The van der Waals surface area contributed by atoms with E-state index in [1.165, 1.54) is 0 Å². The van der Waals surface area contributed by atoms with Crippen LogP contribution in [0.3, 0.4) is 0 Å². The van der Waals surface area contributed by atoms with Crippen molar-refractivity contribution in [2.75, 3.05) is 13.7 Å². The molecule has 0 aliphatic rings. The fourth-order valence-corrected chi connectivity index (χ4v) is 1.71. The number of hydrogen-bond donors (Lipinski definition) is 2. The van der Waals surface area contributed by atoms with E-state index in [0.717, 1.165) is 16.9 Å². The van der Waals surface area contributed by atoms with Crippen LogP contribution in [0, 0.1) is 6.92 Å². The SMILES string of the molecule is COc1ccc(C(C)(C)CNC(N)=O)cc1C. The van der Waals surface area contributed by atoms with Gasteiger partial charge in [0.25, 0.3) is 0 Å². The van der Waals surface area contributed by atoms with Crippen LogP contribution >= 0.6 is 0 Å². The molecular weight excluding hydrogens is 216 g/mol. The normalized spacial score (nSPS) is 11.1. The maximum Gasteiger partial charge on any atom is 0.312 e. The minimum Gasteiger partial charge on any atom is -0.496 e. The highest BCUT2D eigenvalue weighted by atomic mass is 16.5. The summed E-state index contributed by atoms with van der Waals surface area (Å²) in [4.78, 5) is 10.7. The Labute approximate surface area is 102 Å². The summed E-state index contributed by atoms with van der Waals surface area (Å²) in [7, 11) is 1.65. The molecule has 94 valence electrons. The minimum absolute atomic E-state index is 0.161. The number of ether oxygens (including phenoxy) is 1. The van der Waals surface area contributed by atoms with Gasteiger partial charge in [0.1, 0.15) is 5.75 Å². The number of methoxy groups -OCH3 is 1. The number of urea groups is 1. The number of primary amides is 1. The van der Waals surface area contributed by atoms with E-state index in [1.807, 2.05) is 19.1 Å².